The number of carbonyl (C=O) groups is 5. The Morgan fingerprint density at radius 2 is 1.62 bits per heavy atom. The lowest BCUT2D eigenvalue weighted by Gasteiger charge is -2.35. The van der Waals surface area contributed by atoms with Gasteiger partial charge in [-0.15, -0.1) is 21.5 Å². The molecule has 0 bridgehead atoms. The predicted octanol–water partition coefficient (Wildman–Crippen LogP) is 6.79. The number of hydrogen-bond acceptors (Lipinski definition) is 16. The molecule has 22 heteroatoms. The van der Waals surface area contributed by atoms with Gasteiger partial charge in [0.1, 0.15) is 24.2 Å². The number of rotatable bonds is 23. The number of carbonyl (C=O) groups excluding carboxylic acids is 5. The summed E-state index contributed by atoms with van der Waals surface area (Å²) in [6.45, 7) is 9.95. The van der Waals surface area contributed by atoms with Crippen LogP contribution in [0.1, 0.15) is 117 Å². The van der Waals surface area contributed by atoms with Crippen LogP contribution in [-0.4, -0.2) is 120 Å². The van der Waals surface area contributed by atoms with Gasteiger partial charge in [0.2, 0.25) is 17.7 Å². The van der Waals surface area contributed by atoms with Gasteiger partial charge >= 0.3 is 0 Å². The average Bonchev–Trinajstić information content (AvgIpc) is 4.16. The number of aliphatic hydroxyl groups excluding tert-OH is 1. The minimum Gasteiger partial charge on any atom is -0.494 e. The average molecular weight is 1060 g/mol. The van der Waals surface area contributed by atoms with Gasteiger partial charge in [0.05, 0.1) is 57.8 Å². The van der Waals surface area contributed by atoms with Crippen LogP contribution in [0.15, 0.2) is 78.7 Å². The smallest absolute Gasteiger partial charge is 0.273 e. The first-order chi connectivity index (χ1) is 36.4. The van der Waals surface area contributed by atoms with Gasteiger partial charge in [-0.25, -0.2) is 15.0 Å². The molecule has 0 spiro atoms. The summed E-state index contributed by atoms with van der Waals surface area (Å²) in [7, 11) is 4.80. The number of anilines is 4. The Kier molecular flexibility index (Phi) is 18.8. The van der Waals surface area contributed by atoms with Crippen molar-refractivity contribution in [2.45, 2.75) is 110 Å². The minimum absolute atomic E-state index is 0.000608. The van der Waals surface area contributed by atoms with Gasteiger partial charge in [-0.05, 0) is 67.5 Å². The van der Waals surface area contributed by atoms with E-state index in [9.17, 15) is 29.1 Å². The number of aryl methyl sites for hydroxylation is 2. The molecule has 2 unspecified atom stereocenters. The predicted molar refractivity (Wildman–Crippen MR) is 290 cm³/mol. The van der Waals surface area contributed by atoms with Crippen molar-refractivity contribution in [3.63, 3.8) is 0 Å². The fourth-order valence-corrected chi connectivity index (χ4v) is 9.69. The summed E-state index contributed by atoms with van der Waals surface area (Å²) in [4.78, 5) is 82.4. The first kappa shape index (κ1) is 55.9. The Labute approximate surface area is 446 Å². The maximum atomic E-state index is 14.1. The highest BCUT2D eigenvalue weighted by molar-refractivity contribution is 7.13. The van der Waals surface area contributed by atoms with E-state index in [1.165, 1.54) is 25.3 Å². The standard InChI is InChI=1S/C54H68N14O7S/c1-32(34-19-21-35(22-20-34)47-33(2)59-31-76-47)60-51(72)41-26-37(69)29-68(41)53(74)48(54(3,4)5)63-44(70)18-13-11-9-10-12-14-25-56-50(71)36-23-24-42(57-28-36)62-43-27-40(45(65-64-43)52(73)55-6)61-39-17-15-16-38(46(39)75-8)49-58-30-67(7)66-49/h15-17,19-24,27-28,30-32,37,41,48,69H,9-14,18,25-26,29H2,1-8H3,(H,55,73)(H,56,71)(H,60,72)(H,63,70)(H2,57,61,62,64)/t32?,37-,41+,48?/m1/s1. The number of nitrogens with one attached hydrogen (secondary N) is 6. The summed E-state index contributed by atoms with van der Waals surface area (Å²) >= 11 is 1.57. The van der Waals surface area contributed by atoms with Crippen molar-refractivity contribution in [3.05, 3.63) is 101 Å². The lowest BCUT2D eigenvalue weighted by atomic mass is 9.85. The number of amides is 5. The zero-order valence-electron chi connectivity index (χ0n) is 44.3. The fraction of sp³-hybridized carbons (Fsp3) is 0.426. The molecular weight excluding hydrogens is 989 g/mol. The van der Waals surface area contributed by atoms with Crippen molar-refractivity contribution in [2.75, 3.05) is 37.9 Å². The van der Waals surface area contributed by atoms with Crippen LogP contribution in [0.4, 0.5) is 23.0 Å². The van der Waals surface area contributed by atoms with Gasteiger partial charge in [-0.2, -0.15) is 5.10 Å². The molecule has 5 amide bonds. The Morgan fingerprint density at radius 3 is 2.28 bits per heavy atom. The summed E-state index contributed by atoms with van der Waals surface area (Å²) in [5.41, 5.74) is 6.02. The normalized spacial score (nSPS) is 15.1. The van der Waals surface area contributed by atoms with E-state index in [1.54, 1.807) is 53.7 Å². The van der Waals surface area contributed by atoms with E-state index in [0.29, 0.717) is 52.9 Å². The maximum absolute atomic E-state index is 14.1. The molecule has 76 heavy (non-hydrogen) atoms. The Balaban J connectivity index is 0.813. The molecule has 1 fully saturated rings. The Bertz CT molecular complexity index is 2980. The van der Waals surface area contributed by atoms with Crippen molar-refractivity contribution >= 4 is 63.9 Å². The highest BCUT2D eigenvalue weighted by Crippen LogP contribution is 2.37. The number of thiazole rings is 1. The molecular formula is C54H68N14O7S. The number of benzene rings is 2. The van der Waals surface area contributed by atoms with Crippen molar-refractivity contribution in [3.8, 4) is 27.6 Å². The number of methoxy groups -OCH3 is 1. The molecule has 5 heterocycles. The molecule has 4 atom stereocenters. The van der Waals surface area contributed by atoms with E-state index >= 15 is 0 Å². The molecule has 21 nitrogen and oxygen atoms in total. The van der Waals surface area contributed by atoms with Crippen molar-refractivity contribution in [1.82, 2.24) is 61.1 Å². The molecule has 0 radical (unpaired) electrons. The van der Waals surface area contributed by atoms with Crippen molar-refractivity contribution in [2.24, 2.45) is 12.5 Å². The third-order valence-corrected chi connectivity index (χ3v) is 14.0. The highest BCUT2D eigenvalue weighted by Gasteiger charge is 2.44. The van der Waals surface area contributed by atoms with Gasteiger partial charge in [0, 0.05) is 52.3 Å². The van der Waals surface area contributed by atoms with Crippen molar-refractivity contribution < 1.29 is 33.8 Å². The molecule has 402 valence electrons. The molecule has 2 aromatic carbocycles. The molecule has 1 aliphatic heterocycles. The molecule has 1 saturated heterocycles. The number of aromatic nitrogens is 7. The lowest BCUT2D eigenvalue weighted by Crippen LogP contribution is -2.57. The Hall–Kier alpha value is -7.85. The van der Waals surface area contributed by atoms with E-state index < -0.39 is 35.4 Å². The number of hydrogen-bond donors (Lipinski definition) is 7. The molecule has 0 aliphatic carbocycles. The summed E-state index contributed by atoms with van der Waals surface area (Å²) in [6.07, 6.45) is 7.48. The van der Waals surface area contributed by atoms with Gasteiger partial charge in [0.25, 0.3) is 11.8 Å². The number of pyridine rings is 1. The number of ether oxygens (including phenoxy) is 1. The van der Waals surface area contributed by atoms with E-state index in [4.69, 9.17) is 4.74 Å². The quantitative estimate of drug-likeness (QED) is 0.0326. The Morgan fingerprint density at radius 1 is 0.868 bits per heavy atom. The van der Waals surface area contributed by atoms with Crippen LogP contribution in [-0.2, 0) is 21.4 Å². The van der Waals surface area contributed by atoms with E-state index in [-0.39, 0.29) is 54.7 Å². The third-order valence-electron chi connectivity index (χ3n) is 13.0. The lowest BCUT2D eigenvalue weighted by molar-refractivity contribution is -0.144. The summed E-state index contributed by atoms with van der Waals surface area (Å²) in [5, 5.41) is 41.3. The maximum Gasteiger partial charge on any atom is 0.273 e. The topological polar surface area (TPSA) is 272 Å². The molecule has 6 aromatic rings. The summed E-state index contributed by atoms with van der Waals surface area (Å²) < 4.78 is 7.33. The zero-order chi connectivity index (χ0) is 54.5. The third kappa shape index (κ3) is 14.3. The van der Waals surface area contributed by atoms with Crippen LogP contribution in [0.2, 0.25) is 0 Å². The van der Waals surface area contributed by atoms with E-state index in [0.717, 1.165) is 53.8 Å². The minimum atomic E-state index is -0.897. The molecule has 7 rings (SSSR count). The number of likely N-dealkylation sites (tertiary alicyclic amines) is 1. The van der Waals surface area contributed by atoms with Gasteiger partial charge in [-0.3, -0.25) is 28.7 Å². The van der Waals surface area contributed by atoms with Crippen LogP contribution in [0, 0.1) is 12.3 Å². The number of para-hydroxylation sites is 1. The number of unbranched alkanes of at least 4 members (excludes halogenated alkanes) is 5. The highest BCUT2D eigenvalue weighted by atomic mass is 32.1. The monoisotopic (exact) mass is 1060 g/mol. The van der Waals surface area contributed by atoms with Gasteiger partial charge < -0.3 is 46.6 Å². The first-order valence-electron chi connectivity index (χ1n) is 25.4. The molecule has 1 aliphatic rings. The van der Waals surface area contributed by atoms with Gasteiger partial charge in [-0.1, -0.05) is 76.8 Å². The van der Waals surface area contributed by atoms with Crippen LogP contribution in [0.25, 0.3) is 21.8 Å². The van der Waals surface area contributed by atoms with Crippen LogP contribution >= 0.6 is 11.3 Å². The number of aliphatic hydroxyl groups is 1. The largest absolute Gasteiger partial charge is 0.494 e. The molecule has 0 saturated carbocycles. The van der Waals surface area contributed by atoms with Crippen LogP contribution < -0.4 is 36.6 Å². The zero-order valence-corrected chi connectivity index (χ0v) is 45.1. The second-order valence-corrected chi connectivity index (χ2v) is 20.7. The van der Waals surface area contributed by atoms with Crippen LogP contribution in [0.5, 0.6) is 5.75 Å². The molecule has 7 N–H and O–H groups in total. The summed E-state index contributed by atoms with van der Waals surface area (Å²) in [5.74, 6) is -0.0944. The SMILES string of the molecule is CNC(=O)c1nnc(Nc2ccc(C(=O)NCCCCCCCCC(=O)NC(C(=O)N3C[C@H](O)C[C@H]3C(=O)NC(C)c3ccc(-c4scnc4C)cc3)C(C)(C)C)cn2)cc1Nc1cccc(-c2ncn(C)n2)c1OC. The summed E-state index contributed by atoms with van der Waals surface area (Å²) in [6, 6.07) is 16.2. The van der Waals surface area contributed by atoms with Crippen molar-refractivity contribution in [1.29, 1.82) is 0 Å². The number of nitrogens with zero attached hydrogens (tertiary/aromatic N) is 8. The van der Waals surface area contributed by atoms with E-state index in [1.807, 2.05) is 76.5 Å². The van der Waals surface area contributed by atoms with Crippen LogP contribution in [0.3, 0.4) is 0 Å². The van der Waals surface area contributed by atoms with E-state index in [2.05, 4.69) is 62.1 Å². The van der Waals surface area contributed by atoms with Gasteiger partial charge in [0.15, 0.2) is 23.1 Å². The molecule has 4 aromatic heterocycles. The number of β-amino-alcohol motifs (C(OH)–C–C–N with tert-alkyl or cyclic N) is 1. The second kappa shape index (κ2) is 25.6. The second-order valence-electron chi connectivity index (χ2n) is 19.9. The fourth-order valence-electron chi connectivity index (χ4n) is 8.88. The first-order valence-corrected chi connectivity index (χ1v) is 26.3.